The predicted octanol–water partition coefficient (Wildman–Crippen LogP) is 1.95. The first-order valence-electron chi connectivity index (χ1n) is 8.59. The van der Waals surface area contributed by atoms with Gasteiger partial charge in [-0.15, -0.1) is 0 Å². The molecule has 1 aromatic rings. The Hall–Kier alpha value is -1.60. The Morgan fingerprint density at radius 1 is 1.12 bits per heavy atom. The van der Waals surface area contributed by atoms with Gasteiger partial charge in [-0.05, 0) is 37.5 Å². The zero-order valence-electron chi connectivity index (χ0n) is 14.1. The summed E-state index contributed by atoms with van der Waals surface area (Å²) < 4.78 is 26.9. The van der Waals surface area contributed by atoms with Gasteiger partial charge in [-0.3, -0.25) is 0 Å². The van der Waals surface area contributed by atoms with Crippen molar-refractivity contribution >= 4 is 16.1 Å². The Balaban J connectivity index is 1.59. The Bertz CT molecular complexity index is 691. The highest BCUT2D eigenvalue weighted by atomic mass is 32.2. The molecule has 1 saturated carbocycles. The molecular weight excluding hydrogens is 326 g/mol. The van der Waals surface area contributed by atoms with Gasteiger partial charge in [-0.25, -0.2) is 13.2 Å². The van der Waals surface area contributed by atoms with Crippen molar-refractivity contribution in [2.45, 2.75) is 43.5 Å². The van der Waals surface area contributed by atoms with Crippen LogP contribution in [0.25, 0.3) is 0 Å². The number of piperazine rings is 1. The molecule has 0 atom stereocenters. The van der Waals surface area contributed by atoms with Crippen LogP contribution < -0.4 is 5.32 Å². The summed E-state index contributed by atoms with van der Waals surface area (Å²) in [5.41, 5.74) is 0.922. The Morgan fingerprint density at radius 3 is 2.42 bits per heavy atom. The summed E-state index contributed by atoms with van der Waals surface area (Å²) in [6, 6.07) is 7.18. The number of urea groups is 1. The largest absolute Gasteiger partial charge is 0.335 e. The van der Waals surface area contributed by atoms with Crippen LogP contribution in [0.2, 0.25) is 0 Å². The number of amides is 2. The fourth-order valence-corrected chi connectivity index (χ4v) is 4.92. The quantitative estimate of drug-likeness (QED) is 0.905. The lowest BCUT2D eigenvalue weighted by Gasteiger charge is -2.34. The molecule has 1 heterocycles. The summed E-state index contributed by atoms with van der Waals surface area (Å²) in [5.74, 6) is 0. The van der Waals surface area contributed by atoms with E-state index in [0.29, 0.717) is 31.1 Å². The van der Waals surface area contributed by atoms with Crippen LogP contribution >= 0.6 is 0 Å². The van der Waals surface area contributed by atoms with Gasteiger partial charge in [0, 0.05) is 32.2 Å². The molecule has 2 amide bonds. The number of sulfonamides is 1. The van der Waals surface area contributed by atoms with E-state index in [1.54, 1.807) is 23.1 Å². The summed E-state index contributed by atoms with van der Waals surface area (Å²) in [4.78, 5) is 14.3. The third-order valence-corrected chi connectivity index (χ3v) is 6.73. The van der Waals surface area contributed by atoms with E-state index in [-0.39, 0.29) is 12.1 Å². The number of nitrogens with zero attached hydrogens (tertiary/aromatic N) is 2. The molecule has 6 nitrogen and oxygen atoms in total. The van der Waals surface area contributed by atoms with Crippen molar-refractivity contribution in [3.63, 3.8) is 0 Å². The molecule has 0 aromatic heterocycles. The second kappa shape index (κ2) is 7.11. The SMILES string of the molecule is Cc1cccc(S(=O)(=O)N2CCN(C(=O)NC3CCCC3)CC2)c1. The molecule has 1 N–H and O–H groups in total. The lowest BCUT2D eigenvalue weighted by atomic mass is 10.2. The molecule has 0 spiro atoms. The van der Waals surface area contributed by atoms with Gasteiger partial charge in [0.1, 0.15) is 0 Å². The van der Waals surface area contributed by atoms with Crippen LogP contribution in [-0.2, 0) is 10.0 Å². The Labute approximate surface area is 143 Å². The van der Waals surface area contributed by atoms with E-state index in [1.165, 1.54) is 17.1 Å². The number of hydrogen-bond donors (Lipinski definition) is 1. The minimum atomic E-state index is -3.48. The van der Waals surface area contributed by atoms with Crippen LogP contribution in [0, 0.1) is 6.92 Å². The summed E-state index contributed by atoms with van der Waals surface area (Å²) in [7, 11) is -3.48. The number of nitrogens with one attached hydrogen (secondary N) is 1. The van der Waals surface area contributed by atoms with E-state index in [2.05, 4.69) is 5.32 Å². The van der Waals surface area contributed by atoms with E-state index >= 15 is 0 Å². The predicted molar refractivity (Wildman–Crippen MR) is 92.3 cm³/mol. The van der Waals surface area contributed by atoms with Gasteiger partial charge >= 0.3 is 6.03 Å². The first kappa shape index (κ1) is 17.2. The summed E-state index contributed by atoms with van der Waals surface area (Å²) in [6.07, 6.45) is 4.45. The fraction of sp³-hybridized carbons (Fsp3) is 0.588. The monoisotopic (exact) mass is 351 g/mol. The third kappa shape index (κ3) is 3.72. The average Bonchev–Trinajstić information content (AvgIpc) is 3.08. The number of carbonyl (C=O) groups excluding carboxylic acids is 1. The fourth-order valence-electron chi connectivity index (χ4n) is 3.39. The van der Waals surface area contributed by atoms with Crippen LogP contribution in [0.5, 0.6) is 0 Å². The van der Waals surface area contributed by atoms with E-state index in [9.17, 15) is 13.2 Å². The highest BCUT2D eigenvalue weighted by Gasteiger charge is 2.30. The highest BCUT2D eigenvalue weighted by molar-refractivity contribution is 7.89. The van der Waals surface area contributed by atoms with Crippen molar-refractivity contribution < 1.29 is 13.2 Å². The molecule has 24 heavy (non-hydrogen) atoms. The van der Waals surface area contributed by atoms with E-state index in [1.807, 2.05) is 13.0 Å². The standard InChI is InChI=1S/C17H25N3O3S/c1-14-5-4-8-16(13-14)24(22,23)20-11-9-19(10-12-20)17(21)18-15-6-2-3-7-15/h4-5,8,13,15H,2-3,6-7,9-12H2,1H3,(H,18,21). The number of rotatable bonds is 3. The summed E-state index contributed by atoms with van der Waals surface area (Å²) in [5, 5.41) is 3.06. The molecule has 7 heteroatoms. The summed E-state index contributed by atoms with van der Waals surface area (Å²) in [6.45, 7) is 3.43. The van der Waals surface area contributed by atoms with Gasteiger partial charge in [0.15, 0.2) is 0 Å². The molecule has 0 radical (unpaired) electrons. The molecule has 1 aliphatic carbocycles. The molecule has 3 rings (SSSR count). The van der Waals surface area contributed by atoms with Gasteiger partial charge in [-0.2, -0.15) is 4.31 Å². The lowest BCUT2D eigenvalue weighted by molar-refractivity contribution is 0.169. The van der Waals surface area contributed by atoms with Gasteiger partial charge in [0.2, 0.25) is 10.0 Å². The minimum Gasteiger partial charge on any atom is -0.335 e. The van der Waals surface area contributed by atoms with E-state index in [0.717, 1.165) is 18.4 Å². The van der Waals surface area contributed by atoms with E-state index < -0.39 is 10.0 Å². The molecule has 1 aromatic carbocycles. The highest BCUT2D eigenvalue weighted by Crippen LogP contribution is 2.20. The van der Waals surface area contributed by atoms with Crippen LogP contribution in [0.4, 0.5) is 4.79 Å². The van der Waals surface area contributed by atoms with Crippen molar-refractivity contribution in [3.05, 3.63) is 29.8 Å². The maximum Gasteiger partial charge on any atom is 0.317 e. The third-order valence-electron chi connectivity index (χ3n) is 4.84. The molecular formula is C17H25N3O3S. The smallest absolute Gasteiger partial charge is 0.317 e. The van der Waals surface area contributed by atoms with Crippen molar-refractivity contribution in [1.82, 2.24) is 14.5 Å². The minimum absolute atomic E-state index is 0.0606. The first-order chi connectivity index (χ1) is 11.5. The first-order valence-corrected chi connectivity index (χ1v) is 10.0. The zero-order chi connectivity index (χ0) is 17.2. The number of hydrogen-bond acceptors (Lipinski definition) is 3. The van der Waals surface area contributed by atoms with Crippen LogP contribution in [0.1, 0.15) is 31.2 Å². The molecule has 1 saturated heterocycles. The number of benzene rings is 1. The molecule has 2 fully saturated rings. The van der Waals surface area contributed by atoms with E-state index in [4.69, 9.17) is 0 Å². The van der Waals surface area contributed by atoms with Crippen molar-refractivity contribution in [1.29, 1.82) is 0 Å². The maximum absolute atomic E-state index is 12.7. The molecule has 2 aliphatic rings. The molecule has 1 aliphatic heterocycles. The van der Waals surface area contributed by atoms with Crippen molar-refractivity contribution in [2.24, 2.45) is 0 Å². The molecule has 132 valence electrons. The lowest BCUT2D eigenvalue weighted by Crippen LogP contribution is -2.54. The van der Waals surface area contributed by atoms with Crippen LogP contribution in [0.15, 0.2) is 29.2 Å². The second-order valence-corrected chi connectivity index (χ2v) is 8.58. The zero-order valence-corrected chi connectivity index (χ0v) is 14.9. The number of carbonyl (C=O) groups is 1. The van der Waals surface area contributed by atoms with Crippen molar-refractivity contribution in [3.8, 4) is 0 Å². The Kier molecular flexibility index (Phi) is 5.10. The van der Waals surface area contributed by atoms with Gasteiger partial charge in [0.25, 0.3) is 0 Å². The average molecular weight is 351 g/mol. The summed E-state index contributed by atoms with van der Waals surface area (Å²) >= 11 is 0. The topological polar surface area (TPSA) is 69.7 Å². The normalized spacial score (nSPS) is 20.3. The Morgan fingerprint density at radius 2 is 1.79 bits per heavy atom. The van der Waals surface area contributed by atoms with Crippen LogP contribution in [-0.4, -0.2) is 55.9 Å². The maximum atomic E-state index is 12.7. The van der Waals surface area contributed by atoms with Gasteiger partial charge in [-0.1, -0.05) is 25.0 Å². The van der Waals surface area contributed by atoms with Gasteiger partial charge in [0.05, 0.1) is 4.90 Å². The molecule has 0 unspecified atom stereocenters. The van der Waals surface area contributed by atoms with Gasteiger partial charge < -0.3 is 10.2 Å². The van der Waals surface area contributed by atoms with Crippen LogP contribution in [0.3, 0.4) is 0 Å². The molecule has 0 bridgehead atoms. The van der Waals surface area contributed by atoms with Crippen molar-refractivity contribution in [2.75, 3.05) is 26.2 Å². The number of aryl methyl sites for hydroxylation is 1. The second-order valence-electron chi connectivity index (χ2n) is 6.64.